The highest BCUT2D eigenvalue weighted by atomic mass is 35.5. The topological polar surface area (TPSA) is 29.3 Å². The Balaban J connectivity index is 3.14. The molecule has 0 aliphatic heterocycles. The van der Waals surface area contributed by atoms with E-state index in [4.69, 9.17) is 17.6 Å². The Hall–Kier alpha value is 0.210. The van der Waals surface area contributed by atoms with Gasteiger partial charge in [-0.2, -0.15) is 4.53 Å². The first-order chi connectivity index (χ1) is 16.7. The molecule has 206 valence electrons. The molecule has 0 amide bonds. The molecule has 1 atom stereocenters. The standard InChI is InChI=1S/C31H65ClN2/c1-3-4-5-6-7-8-9-10-11-12-13-14-16-19-22-25-28-31(2)29-26-23-20-17-15-18-21-24-27-30-34(32)33/h31H,3-30,33H2,1-2H3. The van der Waals surface area contributed by atoms with Crippen LogP contribution in [0.1, 0.15) is 187 Å². The molecule has 0 aromatic heterocycles. The highest BCUT2D eigenvalue weighted by molar-refractivity contribution is 6.12. The molecule has 0 aliphatic rings. The zero-order valence-corrected chi connectivity index (χ0v) is 24.5. The summed E-state index contributed by atoms with van der Waals surface area (Å²) in [6, 6.07) is 0. The van der Waals surface area contributed by atoms with Crippen LogP contribution in [0.5, 0.6) is 0 Å². The lowest BCUT2D eigenvalue weighted by Crippen LogP contribution is -2.20. The van der Waals surface area contributed by atoms with E-state index in [1.165, 1.54) is 171 Å². The van der Waals surface area contributed by atoms with Crippen molar-refractivity contribution in [1.29, 1.82) is 0 Å². The summed E-state index contributed by atoms with van der Waals surface area (Å²) in [6.07, 6.45) is 38.6. The van der Waals surface area contributed by atoms with Gasteiger partial charge in [0.15, 0.2) is 0 Å². The summed E-state index contributed by atoms with van der Waals surface area (Å²) in [7, 11) is 0. The van der Waals surface area contributed by atoms with Gasteiger partial charge in [0.25, 0.3) is 0 Å². The van der Waals surface area contributed by atoms with E-state index < -0.39 is 0 Å². The molecule has 3 heteroatoms. The Labute approximate surface area is 221 Å². The van der Waals surface area contributed by atoms with Crippen molar-refractivity contribution in [2.24, 2.45) is 11.8 Å². The number of nitrogens with two attached hydrogens (primary N) is 1. The van der Waals surface area contributed by atoms with Crippen LogP contribution in [0, 0.1) is 5.92 Å². The van der Waals surface area contributed by atoms with Gasteiger partial charge in [0.1, 0.15) is 0 Å². The second-order valence-corrected chi connectivity index (χ2v) is 11.7. The summed E-state index contributed by atoms with van der Waals surface area (Å²) in [6.45, 7) is 5.59. The van der Waals surface area contributed by atoms with Crippen molar-refractivity contribution in [2.75, 3.05) is 6.54 Å². The number of unbranched alkanes of at least 4 members (excludes halogenated alkanes) is 23. The molecule has 0 fully saturated rings. The van der Waals surface area contributed by atoms with E-state index in [1.54, 1.807) is 0 Å². The highest BCUT2D eigenvalue weighted by Gasteiger charge is 2.02. The van der Waals surface area contributed by atoms with Gasteiger partial charge >= 0.3 is 0 Å². The molecule has 0 aromatic carbocycles. The predicted molar refractivity (Wildman–Crippen MR) is 156 cm³/mol. The molecule has 0 radical (unpaired) electrons. The first-order valence-electron chi connectivity index (χ1n) is 15.8. The van der Waals surface area contributed by atoms with Gasteiger partial charge in [-0.05, 0) is 24.1 Å². The third-order valence-corrected chi connectivity index (χ3v) is 7.79. The fraction of sp³-hybridized carbons (Fsp3) is 1.00. The molecule has 0 heterocycles. The fourth-order valence-electron chi connectivity index (χ4n) is 5.18. The Kier molecular flexibility index (Phi) is 29.6. The quantitative estimate of drug-likeness (QED) is 0.0478. The third kappa shape index (κ3) is 30.2. The molecule has 2 N–H and O–H groups in total. The fourth-order valence-corrected chi connectivity index (χ4v) is 5.30. The zero-order valence-electron chi connectivity index (χ0n) is 23.8. The number of hydrogen-bond donors (Lipinski definition) is 1. The van der Waals surface area contributed by atoms with Crippen LogP contribution in [-0.2, 0) is 0 Å². The van der Waals surface area contributed by atoms with E-state index >= 15 is 0 Å². The molecule has 0 aliphatic carbocycles. The van der Waals surface area contributed by atoms with E-state index in [1.807, 2.05) is 0 Å². The molecule has 1 unspecified atom stereocenters. The van der Waals surface area contributed by atoms with Crippen LogP contribution >= 0.6 is 11.8 Å². The summed E-state index contributed by atoms with van der Waals surface area (Å²) >= 11 is 5.61. The maximum Gasteiger partial charge on any atom is 0.0293 e. The van der Waals surface area contributed by atoms with Gasteiger partial charge in [0.05, 0.1) is 0 Å². The smallest absolute Gasteiger partial charge is 0.0293 e. The first-order valence-corrected chi connectivity index (χ1v) is 16.2. The van der Waals surface area contributed by atoms with Crippen molar-refractivity contribution in [1.82, 2.24) is 4.53 Å². The molecule has 34 heavy (non-hydrogen) atoms. The van der Waals surface area contributed by atoms with Gasteiger partial charge in [0.2, 0.25) is 0 Å². The van der Waals surface area contributed by atoms with Crippen molar-refractivity contribution in [3.63, 3.8) is 0 Å². The molecule has 0 spiro atoms. The summed E-state index contributed by atoms with van der Waals surface area (Å²) in [4.78, 5) is 0. The minimum Gasteiger partial charge on any atom is -0.254 e. The van der Waals surface area contributed by atoms with Crippen molar-refractivity contribution < 1.29 is 0 Å². The summed E-state index contributed by atoms with van der Waals surface area (Å²) in [5.41, 5.74) is 0. The third-order valence-electron chi connectivity index (χ3n) is 7.62. The van der Waals surface area contributed by atoms with Crippen molar-refractivity contribution in [2.45, 2.75) is 187 Å². The average molecular weight is 501 g/mol. The molecule has 2 nitrogen and oxygen atoms in total. The van der Waals surface area contributed by atoms with E-state index in [9.17, 15) is 0 Å². The molecule has 0 rings (SSSR count). The lowest BCUT2D eigenvalue weighted by molar-refractivity contribution is 0.428. The maximum absolute atomic E-state index is 5.61. The van der Waals surface area contributed by atoms with Gasteiger partial charge in [-0.3, -0.25) is 5.84 Å². The van der Waals surface area contributed by atoms with Crippen LogP contribution in [0.4, 0.5) is 0 Å². The van der Waals surface area contributed by atoms with Gasteiger partial charge in [-0.15, -0.1) is 0 Å². The van der Waals surface area contributed by atoms with Gasteiger partial charge in [0, 0.05) is 6.54 Å². The number of nitrogens with zero attached hydrogens (tertiary/aromatic N) is 1. The average Bonchev–Trinajstić information content (AvgIpc) is 2.82. The Morgan fingerprint density at radius 1 is 0.471 bits per heavy atom. The minimum atomic E-state index is 0.805. The van der Waals surface area contributed by atoms with E-state index in [0.29, 0.717) is 0 Å². The number of halogens is 1. The van der Waals surface area contributed by atoms with E-state index in [-0.39, 0.29) is 0 Å². The van der Waals surface area contributed by atoms with E-state index in [0.717, 1.165) is 18.9 Å². The Bertz CT molecular complexity index is 361. The SMILES string of the molecule is CCCCCCCCCCCCCCCCCCC(C)CCCCCCCCCCCN(N)Cl. The second-order valence-electron chi connectivity index (χ2n) is 11.3. The summed E-state index contributed by atoms with van der Waals surface area (Å²) in [5, 5.41) is 0. The molecule has 0 bridgehead atoms. The van der Waals surface area contributed by atoms with Gasteiger partial charge < -0.3 is 0 Å². The number of hydrazine groups is 1. The van der Waals surface area contributed by atoms with Gasteiger partial charge in [-0.25, -0.2) is 0 Å². The van der Waals surface area contributed by atoms with E-state index in [2.05, 4.69) is 13.8 Å². The normalized spacial score (nSPS) is 12.6. The largest absolute Gasteiger partial charge is 0.254 e. The molecule has 0 saturated heterocycles. The maximum atomic E-state index is 5.61. The lowest BCUT2D eigenvalue weighted by atomic mass is 9.95. The van der Waals surface area contributed by atoms with Crippen LogP contribution in [0.25, 0.3) is 0 Å². The number of rotatable bonds is 29. The Morgan fingerprint density at radius 3 is 1.03 bits per heavy atom. The summed E-state index contributed by atoms with van der Waals surface area (Å²) < 4.78 is 1.28. The first kappa shape index (κ1) is 34.2. The summed E-state index contributed by atoms with van der Waals surface area (Å²) in [5.74, 6) is 6.35. The molecular weight excluding hydrogens is 436 g/mol. The number of hydrogen-bond acceptors (Lipinski definition) is 2. The van der Waals surface area contributed by atoms with Crippen LogP contribution in [0.15, 0.2) is 0 Å². The highest BCUT2D eigenvalue weighted by Crippen LogP contribution is 2.19. The zero-order chi connectivity index (χ0) is 25.0. The second kappa shape index (κ2) is 29.4. The van der Waals surface area contributed by atoms with Crippen LogP contribution in [-0.4, -0.2) is 11.1 Å². The molecule has 0 saturated carbocycles. The molecular formula is C31H65ClN2. The lowest BCUT2D eigenvalue weighted by Gasteiger charge is -2.11. The Morgan fingerprint density at radius 2 is 0.735 bits per heavy atom. The van der Waals surface area contributed by atoms with Crippen molar-refractivity contribution >= 4 is 11.8 Å². The van der Waals surface area contributed by atoms with Crippen LogP contribution < -0.4 is 5.84 Å². The van der Waals surface area contributed by atoms with Crippen molar-refractivity contribution in [3.8, 4) is 0 Å². The van der Waals surface area contributed by atoms with Crippen LogP contribution in [0.3, 0.4) is 0 Å². The molecule has 0 aromatic rings. The predicted octanol–water partition coefficient (Wildman–Crippen LogP) is 11.5. The van der Waals surface area contributed by atoms with Crippen molar-refractivity contribution in [3.05, 3.63) is 0 Å². The van der Waals surface area contributed by atoms with Crippen LogP contribution in [0.2, 0.25) is 0 Å². The monoisotopic (exact) mass is 500 g/mol. The van der Waals surface area contributed by atoms with Gasteiger partial charge in [-0.1, -0.05) is 181 Å². The minimum absolute atomic E-state index is 0.805.